The van der Waals surface area contributed by atoms with Gasteiger partial charge in [-0.15, -0.1) is 0 Å². The molecule has 0 saturated heterocycles. The Labute approximate surface area is 110 Å². The molecule has 1 aromatic carbocycles. The number of halogens is 1. The third kappa shape index (κ3) is 2.54. The predicted molar refractivity (Wildman–Crippen MR) is 71.2 cm³/mol. The molecular weight excluding hydrogens is 252 g/mol. The molecule has 4 nitrogen and oxygen atoms in total. The minimum Gasteiger partial charge on any atom is -0.495 e. The maximum absolute atomic E-state index is 11.5. The van der Waals surface area contributed by atoms with Gasteiger partial charge in [0.15, 0.2) is 0 Å². The summed E-state index contributed by atoms with van der Waals surface area (Å²) in [4.78, 5) is 18.6. The fourth-order valence-corrected chi connectivity index (χ4v) is 1.84. The molecule has 0 saturated carbocycles. The van der Waals surface area contributed by atoms with Crippen LogP contribution in [0, 0.1) is 0 Å². The molecule has 0 spiro atoms. The Balaban J connectivity index is 2.54. The first-order chi connectivity index (χ1) is 8.63. The number of aromatic amines is 1. The molecule has 2 rings (SSSR count). The van der Waals surface area contributed by atoms with E-state index >= 15 is 0 Å². The lowest BCUT2D eigenvalue weighted by molar-refractivity contribution is 0.415. The van der Waals surface area contributed by atoms with Crippen molar-refractivity contribution in [2.75, 3.05) is 7.11 Å². The summed E-state index contributed by atoms with van der Waals surface area (Å²) in [6.07, 6.45) is 0.674. The van der Waals surface area contributed by atoms with E-state index in [1.165, 1.54) is 6.07 Å². The van der Waals surface area contributed by atoms with Crippen LogP contribution in [0.25, 0.3) is 11.3 Å². The Hall–Kier alpha value is -1.81. The van der Waals surface area contributed by atoms with Crippen LogP contribution < -0.4 is 10.3 Å². The number of benzene rings is 1. The molecule has 2 aromatic rings. The fourth-order valence-electron chi connectivity index (χ4n) is 1.64. The van der Waals surface area contributed by atoms with Gasteiger partial charge in [0, 0.05) is 18.1 Å². The van der Waals surface area contributed by atoms with Gasteiger partial charge < -0.3 is 9.72 Å². The van der Waals surface area contributed by atoms with Gasteiger partial charge in [-0.25, -0.2) is 4.98 Å². The summed E-state index contributed by atoms with van der Waals surface area (Å²) in [7, 11) is 1.55. The predicted octanol–water partition coefficient (Wildman–Crippen LogP) is 2.66. The second-order valence-electron chi connectivity index (χ2n) is 3.78. The van der Waals surface area contributed by atoms with Crippen molar-refractivity contribution in [3.8, 4) is 17.0 Å². The Morgan fingerprint density at radius 2 is 2.17 bits per heavy atom. The molecule has 0 amide bonds. The van der Waals surface area contributed by atoms with Crippen molar-refractivity contribution in [2.45, 2.75) is 13.3 Å². The van der Waals surface area contributed by atoms with Crippen molar-refractivity contribution in [3.05, 3.63) is 45.5 Å². The molecule has 0 aliphatic rings. The van der Waals surface area contributed by atoms with Crippen LogP contribution in [0.15, 0.2) is 29.1 Å². The monoisotopic (exact) mass is 264 g/mol. The highest BCUT2D eigenvalue weighted by molar-refractivity contribution is 6.32. The van der Waals surface area contributed by atoms with E-state index in [4.69, 9.17) is 16.3 Å². The molecule has 0 unspecified atom stereocenters. The summed E-state index contributed by atoms with van der Waals surface area (Å²) < 4.78 is 5.15. The molecule has 1 heterocycles. The van der Waals surface area contributed by atoms with Crippen LogP contribution in [0.4, 0.5) is 0 Å². The number of hydrogen-bond acceptors (Lipinski definition) is 3. The van der Waals surface area contributed by atoms with Gasteiger partial charge in [-0.1, -0.05) is 24.6 Å². The summed E-state index contributed by atoms with van der Waals surface area (Å²) in [5.41, 5.74) is 1.26. The minimum atomic E-state index is -0.161. The molecule has 0 fully saturated rings. The van der Waals surface area contributed by atoms with Crippen LogP contribution in [0.2, 0.25) is 5.02 Å². The number of ether oxygens (including phenoxy) is 1. The van der Waals surface area contributed by atoms with Crippen LogP contribution in [0.5, 0.6) is 5.75 Å². The van der Waals surface area contributed by atoms with E-state index in [0.29, 0.717) is 28.7 Å². The fraction of sp³-hybridized carbons (Fsp3) is 0.231. The van der Waals surface area contributed by atoms with Gasteiger partial charge in [0.2, 0.25) is 0 Å². The van der Waals surface area contributed by atoms with Gasteiger partial charge in [-0.2, -0.15) is 0 Å². The number of H-pyrrole nitrogens is 1. The average molecular weight is 265 g/mol. The minimum absolute atomic E-state index is 0.161. The van der Waals surface area contributed by atoms with E-state index in [1.807, 2.05) is 13.0 Å². The maximum Gasteiger partial charge on any atom is 0.251 e. The van der Waals surface area contributed by atoms with Crippen molar-refractivity contribution in [3.63, 3.8) is 0 Å². The van der Waals surface area contributed by atoms with E-state index in [0.717, 1.165) is 5.56 Å². The third-order valence-corrected chi connectivity index (χ3v) is 2.88. The maximum atomic E-state index is 11.5. The zero-order chi connectivity index (χ0) is 13.1. The molecule has 0 radical (unpaired) electrons. The Bertz CT molecular complexity index is 623. The zero-order valence-corrected chi connectivity index (χ0v) is 10.9. The Morgan fingerprint density at radius 3 is 2.83 bits per heavy atom. The van der Waals surface area contributed by atoms with Crippen molar-refractivity contribution < 1.29 is 4.74 Å². The van der Waals surface area contributed by atoms with Crippen molar-refractivity contribution in [1.29, 1.82) is 0 Å². The van der Waals surface area contributed by atoms with E-state index in [2.05, 4.69) is 9.97 Å². The molecule has 0 aliphatic heterocycles. The van der Waals surface area contributed by atoms with Crippen LogP contribution >= 0.6 is 11.6 Å². The largest absolute Gasteiger partial charge is 0.495 e. The lowest BCUT2D eigenvalue weighted by atomic mass is 10.1. The van der Waals surface area contributed by atoms with E-state index in [1.54, 1.807) is 19.2 Å². The first kappa shape index (κ1) is 12.6. The van der Waals surface area contributed by atoms with Gasteiger partial charge in [-0.05, 0) is 12.1 Å². The summed E-state index contributed by atoms with van der Waals surface area (Å²) in [6.45, 7) is 1.94. The van der Waals surface area contributed by atoms with E-state index in [9.17, 15) is 4.79 Å². The number of methoxy groups -OCH3 is 1. The molecule has 0 atom stereocenters. The smallest absolute Gasteiger partial charge is 0.251 e. The highest BCUT2D eigenvalue weighted by Crippen LogP contribution is 2.29. The molecule has 1 aromatic heterocycles. The molecule has 0 aliphatic carbocycles. The number of nitrogens with one attached hydrogen (secondary N) is 1. The summed E-state index contributed by atoms with van der Waals surface area (Å²) in [5, 5.41) is 0.529. The van der Waals surface area contributed by atoms with Gasteiger partial charge in [0.1, 0.15) is 11.6 Å². The molecule has 0 bridgehead atoms. The topological polar surface area (TPSA) is 55.0 Å². The average Bonchev–Trinajstić information content (AvgIpc) is 2.38. The van der Waals surface area contributed by atoms with Crippen molar-refractivity contribution in [1.82, 2.24) is 9.97 Å². The van der Waals surface area contributed by atoms with E-state index in [-0.39, 0.29) is 5.56 Å². The Kier molecular flexibility index (Phi) is 3.67. The van der Waals surface area contributed by atoms with Crippen molar-refractivity contribution >= 4 is 11.6 Å². The molecule has 1 N–H and O–H groups in total. The van der Waals surface area contributed by atoms with Crippen LogP contribution in [-0.2, 0) is 6.42 Å². The molecule has 5 heteroatoms. The molecule has 94 valence electrons. The van der Waals surface area contributed by atoms with Gasteiger partial charge in [-0.3, -0.25) is 4.79 Å². The van der Waals surface area contributed by atoms with Gasteiger partial charge in [0.25, 0.3) is 5.56 Å². The van der Waals surface area contributed by atoms with Crippen molar-refractivity contribution in [2.24, 2.45) is 0 Å². The lowest BCUT2D eigenvalue weighted by Gasteiger charge is -2.07. The SMILES string of the molecule is CCc1nc(-c2ccc(Cl)c(OC)c2)cc(=O)[nH]1. The van der Waals surface area contributed by atoms with Gasteiger partial charge in [0.05, 0.1) is 17.8 Å². The van der Waals surface area contributed by atoms with Crippen LogP contribution in [0.3, 0.4) is 0 Å². The first-order valence-corrected chi connectivity index (χ1v) is 5.96. The highest BCUT2D eigenvalue weighted by Gasteiger charge is 2.07. The second-order valence-corrected chi connectivity index (χ2v) is 4.19. The quantitative estimate of drug-likeness (QED) is 0.927. The number of aryl methyl sites for hydroxylation is 1. The van der Waals surface area contributed by atoms with Crippen LogP contribution in [-0.4, -0.2) is 17.1 Å². The third-order valence-electron chi connectivity index (χ3n) is 2.57. The second kappa shape index (κ2) is 5.23. The number of aromatic nitrogens is 2. The van der Waals surface area contributed by atoms with E-state index < -0.39 is 0 Å². The molecular formula is C13H13ClN2O2. The summed E-state index contributed by atoms with van der Waals surface area (Å²) in [6, 6.07) is 6.77. The summed E-state index contributed by atoms with van der Waals surface area (Å²) in [5.74, 6) is 1.22. The normalized spacial score (nSPS) is 10.4. The zero-order valence-electron chi connectivity index (χ0n) is 10.2. The van der Waals surface area contributed by atoms with Crippen LogP contribution in [0.1, 0.15) is 12.7 Å². The number of hydrogen-bond donors (Lipinski definition) is 1. The molecule has 18 heavy (non-hydrogen) atoms. The number of nitrogens with zero attached hydrogens (tertiary/aromatic N) is 1. The Morgan fingerprint density at radius 1 is 1.39 bits per heavy atom. The first-order valence-electron chi connectivity index (χ1n) is 5.58. The number of rotatable bonds is 3. The van der Waals surface area contributed by atoms with Gasteiger partial charge >= 0.3 is 0 Å². The summed E-state index contributed by atoms with van der Waals surface area (Å²) >= 11 is 5.96. The lowest BCUT2D eigenvalue weighted by Crippen LogP contribution is -2.10. The standard InChI is InChI=1S/C13H13ClN2O2/c1-3-12-15-10(7-13(17)16-12)8-4-5-9(14)11(6-8)18-2/h4-7H,3H2,1-2H3,(H,15,16,17). The highest BCUT2D eigenvalue weighted by atomic mass is 35.5.